The molecule has 2 aliphatic heterocycles. The lowest BCUT2D eigenvalue weighted by Gasteiger charge is -2.35. The second-order valence-corrected chi connectivity index (χ2v) is 8.74. The van der Waals surface area contributed by atoms with Crippen molar-refractivity contribution in [1.82, 2.24) is 15.5 Å². The van der Waals surface area contributed by atoms with Crippen LogP contribution in [-0.2, 0) is 16.1 Å². The molecule has 4 rings (SSSR count). The Morgan fingerprint density at radius 2 is 1.83 bits per heavy atom. The van der Waals surface area contributed by atoms with Gasteiger partial charge in [-0.1, -0.05) is 26.7 Å². The Morgan fingerprint density at radius 1 is 1.07 bits per heavy atom. The lowest BCUT2D eigenvalue weighted by atomic mass is 9.89. The zero-order valence-electron chi connectivity index (χ0n) is 17.2. The van der Waals surface area contributed by atoms with E-state index in [2.05, 4.69) is 29.8 Å². The van der Waals surface area contributed by atoms with Gasteiger partial charge in [0.05, 0.1) is 0 Å². The maximum atomic E-state index is 12.8. The first kappa shape index (κ1) is 19.9. The number of carbonyl (C=O) groups excluding carboxylic acids is 3. The van der Waals surface area contributed by atoms with E-state index < -0.39 is 6.04 Å². The Balaban J connectivity index is 1.47. The predicted octanol–water partition coefficient (Wildman–Crippen LogP) is 2.17. The van der Waals surface area contributed by atoms with Gasteiger partial charge in [0.2, 0.25) is 11.8 Å². The third kappa shape index (κ3) is 4.15. The Bertz CT molecular complexity index is 822. The summed E-state index contributed by atoms with van der Waals surface area (Å²) in [4.78, 5) is 38.0. The molecule has 1 saturated heterocycles. The topological polar surface area (TPSA) is 90.5 Å². The summed E-state index contributed by atoms with van der Waals surface area (Å²) in [6.45, 7) is 4.76. The first-order valence-corrected chi connectivity index (χ1v) is 10.7. The van der Waals surface area contributed by atoms with Crippen molar-refractivity contribution in [2.45, 2.75) is 83.1 Å². The van der Waals surface area contributed by atoms with Crippen molar-refractivity contribution < 1.29 is 14.4 Å². The van der Waals surface area contributed by atoms with Crippen LogP contribution in [0, 0.1) is 0 Å². The van der Waals surface area contributed by atoms with Crippen molar-refractivity contribution in [3.05, 3.63) is 29.3 Å². The first-order valence-electron chi connectivity index (χ1n) is 10.7. The fraction of sp³-hybridized carbons (Fsp3) is 0.591. The minimum absolute atomic E-state index is 0.127. The van der Waals surface area contributed by atoms with Gasteiger partial charge in [0.1, 0.15) is 6.04 Å². The molecule has 1 aliphatic carbocycles. The van der Waals surface area contributed by atoms with Gasteiger partial charge < -0.3 is 15.5 Å². The quantitative estimate of drug-likeness (QED) is 0.662. The van der Waals surface area contributed by atoms with E-state index in [1.54, 1.807) is 4.90 Å². The van der Waals surface area contributed by atoms with Gasteiger partial charge in [-0.15, -0.1) is 0 Å². The maximum absolute atomic E-state index is 12.8. The molecule has 1 unspecified atom stereocenters. The van der Waals surface area contributed by atoms with Crippen molar-refractivity contribution in [1.29, 1.82) is 0 Å². The molecule has 156 valence electrons. The number of hydrogen-bond donors (Lipinski definition) is 3. The van der Waals surface area contributed by atoms with E-state index in [-0.39, 0.29) is 24.1 Å². The SMILES string of the molecule is CC(C)N[C@@H]1CCCC[C@H]1Nc1ccc2c(c1)CN(C1CCC(=O)NC1=O)C2=O. The fourth-order valence-electron chi connectivity index (χ4n) is 4.81. The fourth-order valence-corrected chi connectivity index (χ4v) is 4.81. The van der Waals surface area contributed by atoms with Gasteiger partial charge in [0.25, 0.3) is 5.91 Å². The molecule has 7 nitrogen and oxygen atoms in total. The van der Waals surface area contributed by atoms with Crippen LogP contribution in [-0.4, -0.2) is 46.8 Å². The number of nitrogens with one attached hydrogen (secondary N) is 3. The number of fused-ring (bicyclic) bond motifs is 1. The Labute approximate surface area is 171 Å². The highest BCUT2D eigenvalue weighted by molar-refractivity contribution is 6.05. The molecule has 29 heavy (non-hydrogen) atoms. The summed E-state index contributed by atoms with van der Waals surface area (Å²) in [5.41, 5.74) is 2.61. The number of amides is 3. The number of hydrogen-bond acceptors (Lipinski definition) is 5. The van der Waals surface area contributed by atoms with E-state index in [4.69, 9.17) is 0 Å². The van der Waals surface area contributed by atoms with Crippen molar-refractivity contribution in [3.63, 3.8) is 0 Å². The molecule has 1 saturated carbocycles. The summed E-state index contributed by atoms with van der Waals surface area (Å²) >= 11 is 0. The van der Waals surface area contributed by atoms with Crippen LogP contribution >= 0.6 is 0 Å². The molecule has 0 radical (unpaired) electrons. The first-order chi connectivity index (χ1) is 13.9. The summed E-state index contributed by atoms with van der Waals surface area (Å²) in [6, 6.07) is 6.56. The number of imide groups is 1. The second-order valence-electron chi connectivity index (χ2n) is 8.74. The van der Waals surface area contributed by atoms with Gasteiger partial charge in [-0.25, -0.2) is 0 Å². The van der Waals surface area contributed by atoms with Crippen LogP contribution in [0.4, 0.5) is 5.69 Å². The van der Waals surface area contributed by atoms with Gasteiger partial charge >= 0.3 is 0 Å². The summed E-state index contributed by atoms with van der Waals surface area (Å²) in [7, 11) is 0. The zero-order chi connectivity index (χ0) is 20.5. The maximum Gasteiger partial charge on any atom is 0.255 e. The number of piperidine rings is 1. The molecular formula is C22H30N4O3. The Morgan fingerprint density at radius 3 is 2.55 bits per heavy atom. The van der Waals surface area contributed by atoms with E-state index in [9.17, 15) is 14.4 Å². The van der Waals surface area contributed by atoms with Crippen LogP contribution in [0.2, 0.25) is 0 Å². The Hall–Kier alpha value is -2.41. The van der Waals surface area contributed by atoms with Crippen LogP contribution in [0.1, 0.15) is 68.3 Å². The highest BCUT2D eigenvalue weighted by Crippen LogP contribution is 2.30. The van der Waals surface area contributed by atoms with Gasteiger partial charge in [-0.3, -0.25) is 19.7 Å². The van der Waals surface area contributed by atoms with E-state index in [0.29, 0.717) is 36.7 Å². The van der Waals surface area contributed by atoms with E-state index in [1.807, 2.05) is 18.2 Å². The van der Waals surface area contributed by atoms with E-state index in [0.717, 1.165) is 17.7 Å². The lowest BCUT2D eigenvalue weighted by Crippen LogP contribution is -2.52. The zero-order valence-corrected chi connectivity index (χ0v) is 17.2. The number of nitrogens with zero attached hydrogens (tertiary/aromatic N) is 1. The molecule has 0 spiro atoms. The summed E-state index contributed by atoms with van der Waals surface area (Å²) in [5, 5.41) is 9.70. The molecule has 3 N–H and O–H groups in total. The van der Waals surface area contributed by atoms with E-state index >= 15 is 0 Å². The van der Waals surface area contributed by atoms with Crippen LogP contribution < -0.4 is 16.0 Å². The largest absolute Gasteiger partial charge is 0.381 e. The van der Waals surface area contributed by atoms with Crippen LogP contribution in [0.25, 0.3) is 0 Å². The van der Waals surface area contributed by atoms with Crippen molar-refractivity contribution in [2.75, 3.05) is 5.32 Å². The van der Waals surface area contributed by atoms with Gasteiger partial charge in [0, 0.05) is 42.3 Å². The van der Waals surface area contributed by atoms with E-state index in [1.165, 1.54) is 19.3 Å². The van der Waals surface area contributed by atoms with Gasteiger partial charge in [-0.05, 0) is 43.0 Å². The molecule has 1 aromatic rings. The Kier molecular flexibility index (Phi) is 5.58. The standard InChI is InChI=1S/C22H30N4O3/c1-13(2)23-17-5-3-4-6-18(17)24-15-7-8-16-14(11-15)12-26(22(16)29)19-9-10-20(27)25-21(19)28/h7-8,11,13,17-19,23-24H,3-6,9-10,12H2,1-2H3,(H,25,27,28)/t17-,18-,19?/m1/s1. The molecule has 2 fully saturated rings. The highest BCUT2D eigenvalue weighted by Gasteiger charge is 2.39. The highest BCUT2D eigenvalue weighted by atomic mass is 16.2. The van der Waals surface area contributed by atoms with Crippen LogP contribution in [0.15, 0.2) is 18.2 Å². The predicted molar refractivity (Wildman–Crippen MR) is 110 cm³/mol. The van der Waals surface area contributed by atoms with Crippen LogP contribution in [0.3, 0.4) is 0 Å². The molecule has 1 aromatic carbocycles. The average Bonchev–Trinajstić information content (AvgIpc) is 2.99. The molecular weight excluding hydrogens is 368 g/mol. The summed E-state index contributed by atoms with van der Waals surface area (Å²) < 4.78 is 0. The summed E-state index contributed by atoms with van der Waals surface area (Å²) in [6.07, 6.45) is 5.43. The normalized spacial score (nSPS) is 27.2. The third-order valence-corrected chi connectivity index (χ3v) is 6.19. The molecule has 7 heteroatoms. The van der Waals surface area contributed by atoms with Crippen molar-refractivity contribution in [3.8, 4) is 0 Å². The summed E-state index contributed by atoms with van der Waals surface area (Å²) in [5.74, 6) is -0.762. The minimum atomic E-state index is -0.568. The number of rotatable bonds is 5. The molecule has 2 heterocycles. The number of carbonyl (C=O) groups is 3. The third-order valence-electron chi connectivity index (χ3n) is 6.19. The molecule has 3 aliphatic rings. The molecule has 3 atom stereocenters. The lowest BCUT2D eigenvalue weighted by molar-refractivity contribution is -0.136. The molecule has 0 bridgehead atoms. The second kappa shape index (κ2) is 8.14. The van der Waals surface area contributed by atoms with Gasteiger partial charge in [0.15, 0.2) is 0 Å². The molecule has 3 amide bonds. The number of anilines is 1. The average molecular weight is 399 g/mol. The molecule has 0 aromatic heterocycles. The van der Waals surface area contributed by atoms with Gasteiger partial charge in [-0.2, -0.15) is 0 Å². The smallest absolute Gasteiger partial charge is 0.255 e. The monoisotopic (exact) mass is 398 g/mol. The number of benzene rings is 1. The van der Waals surface area contributed by atoms with Crippen molar-refractivity contribution >= 4 is 23.4 Å². The van der Waals surface area contributed by atoms with Crippen LogP contribution in [0.5, 0.6) is 0 Å². The van der Waals surface area contributed by atoms with Crippen molar-refractivity contribution in [2.24, 2.45) is 0 Å². The minimum Gasteiger partial charge on any atom is -0.381 e.